The van der Waals surface area contributed by atoms with Crippen LogP contribution in [-0.4, -0.2) is 40.6 Å². The summed E-state index contributed by atoms with van der Waals surface area (Å²) in [6, 6.07) is 23.6. The molecule has 0 aliphatic rings. The van der Waals surface area contributed by atoms with Crippen molar-refractivity contribution in [2.75, 3.05) is 5.32 Å². The molecule has 2 aromatic carbocycles. The molecule has 9 heteroatoms. The lowest BCUT2D eigenvalue weighted by molar-refractivity contribution is -0.115. The Labute approximate surface area is 229 Å². The van der Waals surface area contributed by atoms with E-state index in [2.05, 4.69) is 42.6 Å². The fourth-order valence-electron chi connectivity index (χ4n) is 4.93. The molecule has 40 heavy (non-hydrogen) atoms. The monoisotopic (exact) mass is 524 g/mol. The zero-order chi connectivity index (χ0) is 27.1. The molecule has 0 aliphatic heterocycles. The summed E-state index contributed by atoms with van der Waals surface area (Å²) in [5, 5.41) is 11.7. The molecule has 0 radical (unpaired) electrons. The number of carbonyl (C=O) groups is 1. The number of hydrogen-bond acceptors (Lipinski definition) is 5. The molecule has 1 amide bonds. The Bertz CT molecular complexity index is 2000. The van der Waals surface area contributed by atoms with Crippen molar-refractivity contribution in [1.82, 2.24) is 34.7 Å². The molecule has 5 heterocycles. The Morgan fingerprint density at radius 3 is 2.73 bits per heavy atom. The van der Waals surface area contributed by atoms with Gasteiger partial charge in [-0.2, -0.15) is 5.10 Å². The Kier molecular flexibility index (Phi) is 5.67. The minimum absolute atomic E-state index is 0.102. The molecule has 5 aromatic heterocycles. The number of anilines is 1. The van der Waals surface area contributed by atoms with Gasteiger partial charge in [-0.3, -0.25) is 14.9 Å². The summed E-state index contributed by atoms with van der Waals surface area (Å²) in [5.74, 6) is -0.102. The number of carbonyl (C=O) groups excluding carboxylic acids is 1. The molecular weight excluding hydrogens is 500 g/mol. The van der Waals surface area contributed by atoms with E-state index in [1.807, 2.05) is 84.7 Å². The highest BCUT2D eigenvalue weighted by molar-refractivity contribution is 5.97. The van der Waals surface area contributed by atoms with Gasteiger partial charge in [0.2, 0.25) is 5.91 Å². The molecule has 3 N–H and O–H groups in total. The number of H-pyrrole nitrogens is 2. The normalized spacial score (nSPS) is 11.3. The molecule has 0 bridgehead atoms. The maximum atomic E-state index is 12.6. The number of benzene rings is 2. The molecule has 9 nitrogen and oxygen atoms in total. The van der Waals surface area contributed by atoms with Crippen LogP contribution in [-0.2, 0) is 11.2 Å². The summed E-state index contributed by atoms with van der Waals surface area (Å²) in [7, 11) is 0. The number of amides is 1. The molecule has 0 unspecified atom stereocenters. The smallest absolute Gasteiger partial charge is 0.228 e. The maximum absolute atomic E-state index is 12.6. The van der Waals surface area contributed by atoms with Crippen molar-refractivity contribution in [1.29, 1.82) is 0 Å². The minimum atomic E-state index is -0.102. The van der Waals surface area contributed by atoms with Gasteiger partial charge < -0.3 is 14.9 Å². The van der Waals surface area contributed by atoms with Crippen molar-refractivity contribution < 1.29 is 4.79 Å². The van der Waals surface area contributed by atoms with E-state index in [0.29, 0.717) is 12.1 Å². The second kappa shape index (κ2) is 9.63. The topological polar surface area (TPSA) is 117 Å². The third kappa shape index (κ3) is 4.39. The van der Waals surface area contributed by atoms with E-state index in [1.165, 1.54) is 0 Å². The van der Waals surface area contributed by atoms with E-state index >= 15 is 0 Å². The lowest BCUT2D eigenvalue weighted by atomic mass is 10.1. The summed E-state index contributed by atoms with van der Waals surface area (Å²) < 4.78 is 2.02. The van der Waals surface area contributed by atoms with Crippen LogP contribution in [0.2, 0.25) is 0 Å². The molecule has 0 spiro atoms. The average molecular weight is 525 g/mol. The van der Waals surface area contributed by atoms with E-state index in [-0.39, 0.29) is 5.91 Å². The molecule has 0 saturated heterocycles. The van der Waals surface area contributed by atoms with Crippen LogP contribution >= 0.6 is 0 Å². The predicted octanol–water partition coefficient (Wildman–Crippen LogP) is 5.84. The molecule has 194 valence electrons. The Morgan fingerprint density at radius 2 is 1.88 bits per heavy atom. The predicted molar refractivity (Wildman–Crippen MR) is 155 cm³/mol. The van der Waals surface area contributed by atoms with Crippen LogP contribution in [0.15, 0.2) is 97.7 Å². The highest BCUT2D eigenvalue weighted by Crippen LogP contribution is 2.32. The summed E-state index contributed by atoms with van der Waals surface area (Å²) in [5.41, 5.74) is 9.21. The van der Waals surface area contributed by atoms with Crippen LogP contribution in [0.1, 0.15) is 11.3 Å². The number of imidazole rings is 1. The minimum Gasteiger partial charge on any atom is -0.353 e. The van der Waals surface area contributed by atoms with Gasteiger partial charge in [-0.15, -0.1) is 0 Å². The zero-order valence-corrected chi connectivity index (χ0v) is 21.6. The van der Waals surface area contributed by atoms with Crippen molar-refractivity contribution in [3.8, 4) is 28.3 Å². The quantitative estimate of drug-likeness (QED) is 0.253. The van der Waals surface area contributed by atoms with Crippen molar-refractivity contribution >= 4 is 33.5 Å². The first-order valence-corrected chi connectivity index (χ1v) is 12.9. The van der Waals surface area contributed by atoms with E-state index in [0.717, 1.165) is 61.5 Å². The average Bonchev–Trinajstić information content (AvgIpc) is 3.71. The molecular formula is C31H24N8O. The summed E-state index contributed by atoms with van der Waals surface area (Å²) in [4.78, 5) is 29.7. The second-order valence-corrected chi connectivity index (χ2v) is 9.68. The van der Waals surface area contributed by atoms with Crippen LogP contribution in [0, 0.1) is 6.92 Å². The summed E-state index contributed by atoms with van der Waals surface area (Å²) >= 11 is 0. The van der Waals surface area contributed by atoms with Gasteiger partial charge in [0.05, 0.1) is 52.9 Å². The van der Waals surface area contributed by atoms with Gasteiger partial charge >= 0.3 is 0 Å². The molecule has 0 saturated carbocycles. The van der Waals surface area contributed by atoms with E-state index < -0.39 is 0 Å². The number of hydrogen-bond donors (Lipinski definition) is 3. The highest BCUT2D eigenvalue weighted by atomic mass is 16.1. The van der Waals surface area contributed by atoms with Gasteiger partial charge in [0.15, 0.2) is 0 Å². The zero-order valence-electron chi connectivity index (χ0n) is 21.6. The number of fused-ring (bicyclic) bond motifs is 2. The van der Waals surface area contributed by atoms with E-state index in [9.17, 15) is 4.79 Å². The van der Waals surface area contributed by atoms with Crippen molar-refractivity contribution in [2.45, 2.75) is 13.3 Å². The molecule has 7 aromatic rings. The Balaban J connectivity index is 1.21. The molecule has 0 aliphatic carbocycles. The third-order valence-corrected chi connectivity index (χ3v) is 6.82. The molecule has 0 atom stereocenters. The van der Waals surface area contributed by atoms with Crippen LogP contribution < -0.4 is 5.32 Å². The van der Waals surface area contributed by atoms with Gasteiger partial charge in [0.1, 0.15) is 11.2 Å². The number of rotatable bonds is 6. The Hall–Kier alpha value is -5.57. The first-order chi connectivity index (χ1) is 19.6. The summed E-state index contributed by atoms with van der Waals surface area (Å²) in [6.07, 6.45) is 7.49. The SMILES string of the molecule is Cc1cn(-c2cccc3[nH]c(-c4n[nH]c5ccc(-c6cncc(NC(=O)Cc7ccccc7)c6)nc45)cc23)cn1. The molecule has 0 fully saturated rings. The number of pyridine rings is 2. The number of aryl methyl sites for hydroxylation is 1. The maximum Gasteiger partial charge on any atom is 0.228 e. The first kappa shape index (κ1) is 23.5. The lowest BCUT2D eigenvalue weighted by Crippen LogP contribution is -2.14. The standard InChI is InChI=1S/C31H24N8O/c1-19-17-39(18-33-19)28-9-5-8-25-23(28)14-27(35-25)31-30-26(37-38-31)11-10-24(36-30)21-13-22(16-32-15-21)34-29(40)12-20-6-3-2-4-7-20/h2-11,13-18,35H,12H2,1H3,(H,34,40)(H,37,38). The van der Waals surface area contributed by atoms with Crippen LogP contribution in [0.4, 0.5) is 5.69 Å². The van der Waals surface area contributed by atoms with Gasteiger partial charge in [-0.25, -0.2) is 9.97 Å². The number of nitrogens with zero attached hydrogens (tertiary/aromatic N) is 5. The van der Waals surface area contributed by atoms with Gasteiger partial charge in [-0.05, 0) is 48.9 Å². The van der Waals surface area contributed by atoms with E-state index in [4.69, 9.17) is 4.98 Å². The number of aromatic nitrogens is 7. The van der Waals surface area contributed by atoms with Crippen LogP contribution in [0.25, 0.3) is 50.3 Å². The Morgan fingerprint density at radius 1 is 0.975 bits per heavy atom. The van der Waals surface area contributed by atoms with Gasteiger partial charge in [-0.1, -0.05) is 36.4 Å². The third-order valence-electron chi connectivity index (χ3n) is 6.82. The number of nitrogens with one attached hydrogen (secondary N) is 3. The van der Waals surface area contributed by atoms with Crippen LogP contribution in [0.3, 0.4) is 0 Å². The fourth-order valence-corrected chi connectivity index (χ4v) is 4.93. The lowest BCUT2D eigenvalue weighted by Gasteiger charge is -2.07. The molecule has 7 rings (SSSR count). The van der Waals surface area contributed by atoms with Crippen LogP contribution in [0.5, 0.6) is 0 Å². The van der Waals surface area contributed by atoms with Crippen molar-refractivity contribution in [2.24, 2.45) is 0 Å². The van der Waals surface area contributed by atoms with E-state index in [1.54, 1.807) is 12.4 Å². The summed E-state index contributed by atoms with van der Waals surface area (Å²) in [6.45, 7) is 1.97. The first-order valence-electron chi connectivity index (χ1n) is 12.9. The number of aromatic amines is 2. The van der Waals surface area contributed by atoms with Crippen molar-refractivity contribution in [3.63, 3.8) is 0 Å². The largest absolute Gasteiger partial charge is 0.353 e. The fraction of sp³-hybridized carbons (Fsp3) is 0.0645. The van der Waals surface area contributed by atoms with Gasteiger partial charge in [0, 0.05) is 28.9 Å². The van der Waals surface area contributed by atoms with Gasteiger partial charge in [0.25, 0.3) is 0 Å². The highest BCUT2D eigenvalue weighted by Gasteiger charge is 2.16. The second-order valence-electron chi connectivity index (χ2n) is 9.68. The van der Waals surface area contributed by atoms with Crippen molar-refractivity contribution in [3.05, 3.63) is 109 Å².